The fourth-order valence-corrected chi connectivity index (χ4v) is 2.07. The molecule has 7 heteroatoms. The molecule has 1 aromatic heterocycles. The second-order valence-corrected chi connectivity index (χ2v) is 5.12. The molecule has 0 saturated carbocycles. The van der Waals surface area contributed by atoms with Crippen molar-refractivity contribution in [2.75, 3.05) is 30.3 Å². The summed E-state index contributed by atoms with van der Waals surface area (Å²) in [5.41, 5.74) is 1.92. The van der Waals surface area contributed by atoms with Gasteiger partial charge in [0.2, 0.25) is 5.95 Å². The number of carbonyl (C=O) groups is 1. The van der Waals surface area contributed by atoms with Crippen LogP contribution in [0, 0.1) is 18.3 Å². The molecule has 0 atom stereocenters. The molecule has 7 nitrogen and oxygen atoms in total. The van der Waals surface area contributed by atoms with Crippen LogP contribution in [0.2, 0.25) is 0 Å². The molecular weight excluding hydrogens is 304 g/mol. The quantitative estimate of drug-likeness (QED) is 0.673. The summed E-state index contributed by atoms with van der Waals surface area (Å²) in [7, 11) is 0. The molecule has 124 valence electrons. The van der Waals surface area contributed by atoms with Gasteiger partial charge >= 0.3 is 0 Å². The van der Waals surface area contributed by atoms with E-state index < -0.39 is 0 Å². The van der Waals surface area contributed by atoms with Crippen LogP contribution in [0.4, 0.5) is 11.8 Å². The molecule has 2 rings (SSSR count). The SMILES string of the molecule is CCNc1cc(C)nc(NCCNC(=O)c2ccc(C#N)cc2)n1. The molecular formula is C17H20N6O. The Balaban J connectivity index is 1.82. The summed E-state index contributed by atoms with van der Waals surface area (Å²) >= 11 is 0. The van der Waals surface area contributed by atoms with E-state index in [2.05, 4.69) is 25.9 Å². The molecule has 1 heterocycles. The van der Waals surface area contributed by atoms with Crippen LogP contribution in [-0.2, 0) is 0 Å². The van der Waals surface area contributed by atoms with E-state index >= 15 is 0 Å². The van der Waals surface area contributed by atoms with Crippen molar-refractivity contribution in [3.8, 4) is 6.07 Å². The number of nitrogens with one attached hydrogen (secondary N) is 3. The van der Waals surface area contributed by atoms with Crippen LogP contribution in [-0.4, -0.2) is 35.5 Å². The normalized spacial score (nSPS) is 9.88. The van der Waals surface area contributed by atoms with E-state index in [0.29, 0.717) is 30.2 Å². The monoisotopic (exact) mass is 324 g/mol. The summed E-state index contributed by atoms with van der Waals surface area (Å²) < 4.78 is 0. The maximum Gasteiger partial charge on any atom is 0.251 e. The molecule has 0 aliphatic heterocycles. The van der Waals surface area contributed by atoms with Gasteiger partial charge in [0.25, 0.3) is 5.91 Å². The van der Waals surface area contributed by atoms with E-state index in [1.54, 1.807) is 24.3 Å². The Morgan fingerprint density at radius 3 is 2.58 bits per heavy atom. The third-order valence-electron chi connectivity index (χ3n) is 3.18. The van der Waals surface area contributed by atoms with Gasteiger partial charge in [0.15, 0.2) is 0 Å². The average Bonchev–Trinajstić information content (AvgIpc) is 2.58. The molecule has 1 amide bonds. The van der Waals surface area contributed by atoms with Crippen LogP contribution >= 0.6 is 0 Å². The minimum absolute atomic E-state index is 0.181. The van der Waals surface area contributed by atoms with Crippen LogP contribution in [0.5, 0.6) is 0 Å². The smallest absolute Gasteiger partial charge is 0.251 e. The second kappa shape index (κ2) is 8.48. The zero-order chi connectivity index (χ0) is 17.4. The van der Waals surface area contributed by atoms with Crippen LogP contribution in [0.15, 0.2) is 30.3 Å². The average molecular weight is 324 g/mol. The predicted octanol–water partition coefficient (Wildman–Crippen LogP) is 1.93. The lowest BCUT2D eigenvalue weighted by atomic mass is 10.1. The third kappa shape index (κ3) is 4.95. The fraction of sp³-hybridized carbons (Fsp3) is 0.294. The summed E-state index contributed by atoms with van der Waals surface area (Å²) in [6, 6.07) is 10.4. The van der Waals surface area contributed by atoms with Crippen molar-refractivity contribution in [2.24, 2.45) is 0 Å². The Hall–Kier alpha value is -3.14. The first-order chi connectivity index (χ1) is 11.6. The number of amides is 1. The highest BCUT2D eigenvalue weighted by molar-refractivity contribution is 5.94. The largest absolute Gasteiger partial charge is 0.370 e. The van der Waals surface area contributed by atoms with Crippen molar-refractivity contribution in [2.45, 2.75) is 13.8 Å². The summed E-state index contributed by atoms with van der Waals surface area (Å²) in [5.74, 6) is 1.12. The van der Waals surface area contributed by atoms with Gasteiger partial charge in [0.05, 0.1) is 11.6 Å². The highest BCUT2D eigenvalue weighted by Crippen LogP contribution is 2.08. The molecule has 0 aliphatic carbocycles. The van der Waals surface area contributed by atoms with Gasteiger partial charge in [0.1, 0.15) is 5.82 Å². The topological polar surface area (TPSA) is 103 Å². The van der Waals surface area contributed by atoms with E-state index in [4.69, 9.17) is 5.26 Å². The molecule has 0 unspecified atom stereocenters. The number of nitriles is 1. The minimum atomic E-state index is -0.181. The first kappa shape index (κ1) is 17.2. The van der Waals surface area contributed by atoms with Crippen LogP contribution in [0.25, 0.3) is 0 Å². The number of hydrogen-bond donors (Lipinski definition) is 3. The summed E-state index contributed by atoms with van der Waals surface area (Å²) in [4.78, 5) is 20.6. The molecule has 0 radical (unpaired) electrons. The highest BCUT2D eigenvalue weighted by atomic mass is 16.1. The molecule has 3 N–H and O–H groups in total. The number of carbonyl (C=O) groups excluding carboxylic acids is 1. The lowest BCUT2D eigenvalue weighted by Gasteiger charge is -2.09. The summed E-state index contributed by atoms with van der Waals surface area (Å²) in [6.45, 7) is 5.64. The Kier molecular flexibility index (Phi) is 6.08. The zero-order valence-corrected chi connectivity index (χ0v) is 13.8. The van der Waals surface area contributed by atoms with Crippen molar-refractivity contribution >= 4 is 17.7 Å². The Morgan fingerprint density at radius 2 is 1.92 bits per heavy atom. The highest BCUT2D eigenvalue weighted by Gasteiger charge is 2.05. The first-order valence-corrected chi connectivity index (χ1v) is 7.74. The van der Waals surface area contributed by atoms with Crippen LogP contribution in [0.1, 0.15) is 28.5 Å². The van der Waals surface area contributed by atoms with Crippen LogP contribution in [0.3, 0.4) is 0 Å². The molecule has 0 bridgehead atoms. The lowest BCUT2D eigenvalue weighted by Crippen LogP contribution is -2.29. The molecule has 2 aromatic rings. The van der Waals surface area contributed by atoms with Gasteiger partial charge in [-0.2, -0.15) is 10.2 Å². The Bertz CT molecular complexity index is 736. The zero-order valence-electron chi connectivity index (χ0n) is 13.8. The molecule has 0 fully saturated rings. The van der Waals surface area contributed by atoms with Gasteiger partial charge in [-0.1, -0.05) is 0 Å². The number of nitrogens with zero attached hydrogens (tertiary/aromatic N) is 3. The van der Waals surface area contributed by atoms with Gasteiger partial charge in [-0.05, 0) is 38.1 Å². The van der Waals surface area contributed by atoms with Crippen molar-refractivity contribution in [3.05, 3.63) is 47.2 Å². The molecule has 0 saturated heterocycles. The molecule has 1 aromatic carbocycles. The number of aromatic nitrogens is 2. The molecule has 0 spiro atoms. The summed E-state index contributed by atoms with van der Waals surface area (Å²) in [5, 5.41) is 17.8. The second-order valence-electron chi connectivity index (χ2n) is 5.12. The van der Waals surface area contributed by atoms with Gasteiger partial charge in [-0.25, -0.2) is 4.98 Å². The van der Waals surface area contributed by atoms with Crippen molar-refractivity contribution in [1.29, 1.82) is 5.26 Å². The molecule has 0 aliphatic rings. The van der Waals surface area contributed by atoms with E-state index in [0.717, 1.165) is 18.1 Å². The summed E-state index contributed by atoms with van der Waals surface area (Å²) in [6.07, 6.45) is 0. The van der Waals surface area contributed by atoms with E-state index in [-0.39, 0.29) is 5.91 Å². The minimum Gasteiger partial charge on any atom is -0.370 e. The number of aryl methyl sites for hydroxylation is 1. The van der Waals surface area contributed by atoms with E-state index in [1.807, 2.05) is 26.0 Å². The fourth-order valence-electron chi connectivity index (χ4n) is 2.07. The van der Waals surface area contributed by atoms with Crippen molar-refractivity contribution < 1.29 is 4.79 Å². The number of hydrogen-bond acceptors (Lipinski definition) is 6. The van der Waals surface area contributed by atoms with Crippen LogP contribution < -0.4 is 16.0 Å². The third-order valence-corrected chi connectivity index (χ3v) is 3.18. The maximum absolute atomic E-state index is 12.0. The van der Waals surface area contributed by atoms with Crippen molar-refractivity contribution in [1.82, 2.24) is 15.3 Å². The standard InChI is InChI=1S/C17H20N6O/c1-3-19-15-10-12(2)22-17(23-15)21-9-8-20-16(24)14-6-4-13(11-18)5-7-14/h4-7,10H,3,8-9H2,1-2H3,(H,20,24)(H2,19,21,22,23). The lowest BCUT2D eigenvalue weighted by molar-refractivity contribution is 0.0955. The van der Waals surface area contributed by atoms with Gasteiger partial charge in [0, 0.05) is 37.0 Å². The Labute approximate surface area is 141 Å². The van der Waals surface area contributed by atoms with Crippen molar-refractivity contribution in [3.63, 3.8) is 0 Å². The van der Waals surface area contributed by atoms with Gasteiger partial charge in [-0.3, -0.25) is 4.79 Å². The van der Waals surface area contributed by atoms with Gasteiger partial charge in [-0.15, -0.1) is 0 Å². The number of rotatable bonds is 7. The maximum atomic E-state index is 12.0. The molecule has 24 heavy (non-hydrogen) atoms. The Morgan fingerprint density at radius 1 is 1.17 bits per heavy atom. The predicted molar refractivity (Wildman–Crippen MR) is 92.9 cm³/mol. The first-order valence-electron chi connectivity index (χ1n) is 7.74. The number of benzene rings is 1. The van der Waals surface area contributed by atoms with E-state index in [1.165, 1.54) is 0 Å². The van der Waals surface area contributed by atoms with E-state index in [9.17, 15) is 4.79 Å². The number of anilines is 2. The van der Waals surface area contributed by atoms with Gasteiger partial charge < -0.3 is 16.0 Å².